The quantitative estimate of drug-likeness (QED) is 0.740. The van der Waals surface area contributed by atoms with Gasteiger partial charge in [-0.05, 0) is 24.3 Å². The Kier molecular flexibility index (Phi) is 8.21. The number of nitrogens with zero attached hydrogens (tertiary/aromatic N) is 1. The van der Waals surface area contributed by atoms with Gasteiger partial charge < -0.3 is 25.8 Å². The molecule has 1 amide bonds. The fourth-order valence-corrected chi connectivity index (χ4v) is 2.80. The maximum absolute atomic E-state index is 10.4. The fraction of sp³-hybridized carbons (Fsp3) is 0.316. The Hall–Kier alpha value is -2.28. The van der Waals surface area contributed by atoms with Gasteiger partial charge in [-0.3, -0.25) is 4.79 Å². The molecule has 1 saturated heterocycles. The maximum Gasteiger partial charge on any atom is 0.248 e. The summed E-state index contributed by atoms with van der Waals surface area (Å²) in [5.74, 6) is 0.318. The van der Waals surface area contributed by atoms with Crippen molar-refractivity contribution in [3.63, 3.8) is 0 Å². The highest BCUT2D eigenvalue weighted by atomic mass is 35.5. The van der Waals surface area contributed by atoms with Crippen molar-refractivity contribution in [2.75, 3.05) is 44.3 Å². The molecule has 0 aliphatic carbocycles. The predicted molar refractivity (Wildman–Crippen MR) is 104 cm³/mol. The molecule has 0 radical (unpaired) electrons. The lowest BCUT2D eigenvalue weighted by molar-refractivity contribution is 0.100. The minimum Gasteiger partial charge on any atom is -0.491 e. The Balaban J connectivity index is 0.000000228. The number of hydrogen-bond donors (Lipinski definition) is 3. The summed E-state index contributed by atoms with van der Waals surface area (Å²) in [6.07, 6.45) is 0. The highest BCUT2D eigenvalue weighted by Crippen LogP contribution is 2.30. The number of amides is 1. The van der Waals surface area contributed by atoms with Crippen LogP contribution in [0.3, 0.4) is 0 Å². The number of hydrogen-bond acceptors (Lipinski definition) is 5. The van der Waals surface area contributed by atoms with Crippen molar-refractivity contribution >= 4 is 23.2 Å². The molecular formula is C19H24ClN3O3. The van der Waals surface area contributed by atoms with Gasteiger partial charge in [0.15, 0.2) is 0 Å². The largest absolute Gasteiger partial charge is 0.491 e. The summed E-state index contributed by atoms with van der Waals surface area (Å²) in [7, 11) is 0. The molecule has 0 spiro atoms. The zero-order valence-electron chi connectivity index (χ0n) is 14.5. The van der Waals surface area contributed by atoms with E-state index in [1.54, 1.807) is 30.3 Å². The third-order valence-corrected chi connectivity index (χ3v) is 4.10. The second-order valence-corrected chi connectivity index (χ2v) is 6.06. The Morgan fingerprint density at radius 1 is 1.19 bits per heavy atom. The summed E-state index contributed by atoms with van der Waals surface area (Å²) in [5, 5.41) is 12.7. The third-order valence-electron chi connectivity index (χ3n) is 3.80. The van der Waals surface area contributed by atoms with Gasteiger partial charge in [-0.15, -0.1) is 0 Å². The first-order valence-corrected chi connectivity index (χ1v) is 8.83. The van der Waals surface area contributed by atoms with E-state index in [0.717, 1.165) is 31.9 Å². The molecule has 0 bridgehead atoms. The molecule has 1 heterocycles. The van der Waals surface area contributed by atoms with Crippen LogP contribution >= 0.6 is 11.6 Å². The zero-order valence-corrected chi connectivity index (χ0v) is 15.3. The van der Waals surface area contributed by atoms with Crippen LogP contribution in [0.5, 0.6) is 5.75 Å². The number of halogens is 1. The first kappa shape index (κ1) is 20.0. The third kappa shape index (κ3) is 6.22. The molecule has 1 aliphatic heterocycles. The second kappa shape index (κ2) is 10.7. The normalized spacial score (nSPS) is 13.5. The Bertz CT molecular complexity index is 692. The topological polar surface area (TPSA) is 87.8 Å². The number of ether oxygens (including phenoxy) is 1. The summed E-state index contributed by atoms with van der Waals surface area (Å²) >= 11 is 6.24. The highest BCUT2D eigenvalue weighted by Gasteiger charge is 2.13. The number of primary amides is 1. The number of rotatable bonds is 5. The molecular weight excluding hydrogens is 354 g/mol. The molecule has 7 heteroatoms. The van der Waals surface area contributed by atoms with Crippen LogP contribution in [-0.2, 0) is 0 Å². The van der Waals surface area contributed by atoms with Gasteiger partial charge in [-0.25, -0.2) is 0 Å². The average molecular weight is 378 g/mol. The molecule has 0 unspecified atom stereocenters. The van der Waals surface area contributed by atoms with Gasteiger partial charge >= 0.3 is 0 Å². The smallest absolute Gasteiger partial charge is 0.248 e. The van der Waals surface area contributed by atoms with Crippen molar-refractivity contribution in [1.82, 2.24) is 5.32 Å². The number of carbonyl (C=O) groups excluding carboxylic acids is 1. The van der Waals surface area contributed by atoms with Crippen LogP contribution in [-0.4, -0.2) is 50.4 Å². The van der Waals surface area contributed by atoms with Crippen LogP contribution in [0.1, 0.15) is 10.4 Å². The van der Waals surface area contributed by atoms with Crippen LogP contribution < -0.4 is 20.7 Å². The number of anilines is 1. The van der Waals surface area contributed by atoms with E-state index in [2.05, 4.69) is 10.2 Å². The maximum atomic E-state index is 10.4. The molecule has 4 N–H and O–H groups in total. The van der Waals surface area contributed by atoms with E-state index in [-0.39, 0.29) is 12.5 Å². The SMILES string of the molecule is NC(=O)c1ccccc1.OCCOc1ccc(N2CCNCC2)c(Cl)c1. The molecule has 0 saturated carbocycles. The number of aliphatic hydroxyl groups is 1. The lowest BCUT2D eigenvalue weighted by atomic mass is 10.2. The van der Waals surface area contributed by atoms with Crippen LogP contribution in [0.25, 0.3) is 0 Å². The minimum absolute atomic E-state index is 0.0111. The van der Waals surface area contributed by atoms with Crippen molar-refractivity contribution in [2.45, 2.75) is 0 Å². The van der Waals surface area contributed by atoms with Crippen molar-refractivity contribution < 1.29 is 14.6 Å². The first-order valence-electron chi connectivity index (χ1n) is 8.45. The van der Waals surface area contributed by atoms with Crippen LogP contribution in [0, 0.1) is 0 Å². The molecule has 140 valence electrons. The average Bonchev–Trinajstić information content (AvgIpc) is 2.68. The zero-order chi connectivity index (χ0) is 18.8. The number of carbonyl (C=O) groups is 1. The monoisotopic (exact) mass is 377 g/mol. The standard InChI is InChI=1S/C12H17ClN2O2.C7H7NO/c13-11-9-10(17-8-7-16)1-2-12(11)15-5-3-14-4-6-15;8-7(9)6-4-2-1-3-5-6/h1-2,9,14,16H,3-8H2;1-5H,(H2,8,9). The van der Waals surface area contributed by atoms with Gasteiger partial charge in [0.1, 0.15) is 12.4 Å². The second-order valence-electron chi connectivity index (χ2n) is 5.65. The molecule has 0 aromatic heterocycles. The van der Waals surface area contributed by atoms with Gasteiger partial charge in [-0.1, -0.05) is 29.8 Å². The summed E-state index contributed by atoms with van der Waals surface area (Å²) < 4.78 is 5.31. The number of nitrogens with two attached hydrogens (primary N) is 1. The Morgan fingerprint density at radius 2 is 1.88 bits per heavy atom. The molecule has 6 nitrogen and oxygen atoms in total. The molecule has 26 heavy (non-hydrogen) atoms. The fourth-order valence-electron chi connectivity index (χ4n) is 2.51. The molecule has 1 aliphatic rings. The predicted octanol–water partition coefficient (Wildman–Crippen LogP) is 1.91. The number of nitrogens with one attached hydrogen (secondary N) is 1. The van der Waals surface area contributed by atoms with E-state index in [4.69, 9.17) is 27.2 Å². The Morgan fingerprint density at radius 3 is 2.42 bits per heavy atom. The number of piperazine rings is 1. The van der Waals surface area contributed by atoms with E-state index in [1.165, 1.54) is 0 Å². The summed E-state index contributed by atoms with van der Waals surface area (Å²) in [6, 6.07) is 14.4. The van der Waals surface area contributed by atoms with Crippen LogP contribution in [0.2, 0.25) is 5.02 Å². The van der Waals surface area contributed by atoms with E-state index < -0.39 is 0 Å². The van der Waals surface area contributed by atoms with Crippen molar-refractivity contribution in [1.29, 1.82) is 0 Å². The van der Waals surface area contributed by atoms with Crippen molar-refractivity contribution in [3.05, 3.63) is 59.1 Å². The van der Waals surface area contributed by atoms with E-state index in [0.29, 0.717) is 22.9 Å². The summed E-state index contributed by atoms with van der Waals surface area (Å²) in [6.45, 7) is 4.21. The molecule has 2 aromatic carbocycles. The van der Waals surface area contributed by atoms with Gasteiger partial charge in [0.2, 0.25) is 5.91 Å². The molecule has 2 aromatic rings. The van der Waals surface area contributed by atoms with Gasteiger partial charge in [-0.2, -0.15) is 0 Å². The summed E-state index contributed by atoms with van der Waals surface area (Å²) in [4.78, 5) is 12.7. The van der Waals surface area contributed by atoms with E-state index in [1.807, 2.05) is 18.2 Å². The summed E-state index contributed by atoms with van der Waals surface area (Å²) in [5.41, 5.74) is 6.57. The van der Waals surface area contributed by atoms with Gasteiger partial charge in [0.25, 0.3) is 0 Å². The van der Waals surface area contributed by atoms with Gasteiger partial charge in [0, 0.05) is 37.8 Å². The van der Waals surface area contributed by atoms with Crippen molar-refractivity contribution in [3.8, 4) is 5.75 Å². The van der Waals surface area contributed by atoms with Crippen LogP contribution in [0.4, 0.5) is 5.69 Å². The lowest BCUT2D eigenvalue weighted by Gasteiger charge is -2.30. The first-order chi connectivity index (χ1) is 12.6. The van der Waals surface area contributed by atoms with E-state index in [9.17, 15) is 4.79 Å². The molecule has 0 atom stereocenters. The molecule has 1 fully saturated rings. The Labute approximate surface area is 158 Å². The van der Waals surface area contributed by atoms with Crippen molar-refractivity contribution in [2.24, 2.45) is 5.73 Å². The molecule has 3 rings (SSSR count). The van der Waals surface area contributed by atoms with E-state index >= 15 is 0 Å². The minimum atomic E-state index is -0.379. The highest BCUT2D eigenvalue weighted by molar-refractivity contribution is 6.33. The lowest BCUT2D eigenvalue weighted by Crippen LogP contribution is -2.43. The van der Waals surface area contributed by atoms with Gasteiger partial charge in [0.05, 0.1) is 17.3 Å². The van der Waals surface area contributed by atoms with Crippen LogP contribution in [0.15, 0.2) is 48.5 Å². The number of aliphatic hydroxyl groups excluding tert-OH is 1. The number of benzene rings is 2.